The van der Waals surface area contributed by atoms with Crippen LogP contribution < -0.4 is 0 Å². The summed E-state index contributed by atoms with van der Waals surface area (Å²) >= 11 is 0. The van der Waals surface area contributed by atoms with Crippen LogP contribution in [0.25, 0.3) is 5.57 Å². The Balaban J connectivity index is 2.99. The Kier molecular flexibility index (Phi) is 4.06. The lowest BCUT2D eigenvalue weighted by atomic mass is 10.00. The molecule has 1 aromatic carbocycles. The maximum atomic E-state index is 11.5. The first-order chi connectivity index (χ1) is 7.56. The van der Waals surface area contributed by atoms with Crippen molar-refractivity contribution in [3.63, 3.8) is 0 Å². The van der Waals surface area contributed by atoms with Crippen LogP contribution in [0.15, 0.2) is 43.0 Å². The third kappa shape index (κ3) is 2.83. The molecular weight excluding hydrogens is 200 g/mol. The fourth-order valence-electron chi connectivity index (χ4n) is 1.29. The molecule has 0 amide bonds. The zero-order valence-electron chi connectivity index (χ0n) is 9.75. The molecule has 2 nitrogen and oxygen atoms in total. The van der Waals surface area contributed by atoms with Crippen LogP contribution in [0.3, 0.4) is 0 Å². The van der Waals surface area contributed by atoms with E-state index >= 15 is 0 Å². The first-order valence-electron chi connectivity index (χ1n) is 5.18. The van der Waals surface area contributed by atoms with Crippen LogP contribution in [-0.4, -0.2) is 12.6 Å². The highest BCUT2D eigenvalue weighted by Crippen LogP contribution is 2.20. The van der Waals surface area contributed by atoms with Crippen LogP contribution >= 0.6 is 0 Å². The smallest absolute Gasteiger partial charge is 0.338 e. The molecule has 0 radical (unpaired) electrons. The van der Waals surface area contributed by atoms with Crippen LogP contribution in [0.1, 0.15) is 29.8 Å². The molecule has 0 heterocycles. The van der Waals surface area contributed by atoms with Crippen LogP contribution in [-0.2, 0) is 4.74 Å². The molecule has 0 aromatic heterocycles. The maximum Gasteiger partial charge on any atom is 0.338 e. The molecule has 1 aromatic rings. The second kappa shape index (κ2) is 5.31. The SMILES string of the molecule is C=C(C)C(=C)c1cccc(C(=O)OCC)c1. The molecule has 0 atom stereocenters. The predicted molar refractivity (Wildman–Crippen MR) is 66.2 cm³/mol. The number of hydrogen-bond acceptors (Lipinski definition) is 2. The quantitative estimate of drug-likeness (QED) is 0.569. The number of hydrogen-bond donors (Lipinski definition) is 0. The van der Waals surface area contributed by atoms with Crippen molar-refractivity contribution in [3.8, 4) is 0 Å². The van der Waals surface area contributed by atoms with E-state index in [0.29, 0.717) is 12.2 Å². The van der Waals surface area contributed by atoms with Gasteiger partial charge in [-0.25, -0.2) is 4.79 Å². The van der Waals surface area contributed by atoms with Crippen molar-refractivity contribution in [2.75, 3.05) is 6.61 Å². The van der Waals surface area contributed by atoms with Crippen molar-refractivity contribution < 1.29 is 9.53 Å². The maximum absolute atomic E-state index is 11.5. The van der Waals surface area contributed by atoms with Gasteiger partial charge < -0.3 is 4.74 Å². The molecule has 0 bridgehead atoms. The Morgan fingerprint density at radius 2 is 1.94 bits per heavy atom. The molecule has 0 aliphatic carbocycles. The van der Waals surface area contributed by atoms with Crippen molar-refractivity contribution in [2.24, 2.45) is 0 Å². The Morgan fingerprint density at radius 1 is 1.31 bits per heavy atom. The van der Waals surface area contributed by atoms with Gasteiger partial charge in [0.25, 0.3) is 0 Å². The summed E-state index contributed by atoms with van der Waals surface area (Å²) in [4.78, 5) is 11.5. The van der Waals surface area contributed by atoms with Crippen molar-refractivity contribution in [1.82, 2.24) is 0 Å². The van der Waals surface area contributed by atoms with E-state index in [4.69, 9.17) is 4.74 Å². The first-order valence-corrected chi connectivity index (χ1v) is 5.18. The van der Waals surface area contributed by atoms with E-state index in [0.717, 1.165) is 16.7 Å². The van der Waals surface area contributed by atoms with E-state index in [2.05, 4.69) is 13.2 Å². The molecule has 0 aliphatic heterocycles. The zero-order valence-corrected chi connectivity index (χ0v) is 9.75. The topological polar surface area (TPSA) is 26.3 Å². The lowest BCUT2D eigenvalue weighted by Crippen LogP contribution is -2.04. The van der Waals surface area contributed by atoms with Crippen LogP contribution in [0.2, 0.25) is 0 Å². The van der Waals surface area contributed by atoms with Crippen molar-refractivity contribution >= 4 is 11.5 Å². The molecule has 0 N–H and O–H groups in total. The van der Waals surface area contributed by atoms with E-state index in [9.17, 15) is 4.79 Å². The highest BCUT2D eigenvalue weighted by molar-refractivity contribution is 5.91. The van der Waals surface area contributed by atoms with Crippen LogP contribution in [0, 0.1) is 0 Å². The summed E-state index contributed by atoms with van der Waals surface area (Å²) in [6.07, 6.45) is 0. The lowest BCUT2D eigenvalue weighted by molar-refractivity contribution is 0.0526. The first kappa shape index (κ1) is 12.2. The van der Waals surface area contributed by atoms with E-state index < -0.39 is 0 Å². The van der Waals surface area contributed by atoms with Gasteiger partial charge in [0.2, 0.25) is 0 Å². The Bertz CT molecular complexity index is 430. The fourth-order valence-corrected chi connectivity index (χ4v) is 1.29. The van der Waals surface area contributed by atoms with Crippen molar-refractivity contribution in [1.29, 1.82) is 0 Å². The van der Waals surface area contributed by atoms with E-state index in [-0.39, 0.29) is 5.97 Å². The summed E-state index contributed by atoms with van der Waals surface area (Å²) in [6, 6.07) is 7.22. The van der Waals surface area contributed by atoms with Gasteiger partial charge in [-0.2, -0.15) is 0 Å². The van der Waals surface area contributed by atoms with Gasteiger partial charge in [0.1, 0.15) is 0 Å². The molecule has 0 unspecified atom stereocenters. The number of esters is 1. The van der Waals surface area contributed by atoms with Gasteiger partial charge in [0.15, 0.2) is 0 Å². The number of rotatable bonds is 4. The normalized spacial score (nSPS) is 9.62. The van der Waals surface area contributed by atoms with Crippen molar-refractivity contribution in [2.45, 2.75) is 13.8 Å². The Morgan fingerprint density at radius 3 is 2.50 bits per heavy atom. The van der Waals surface area contributed by atoms with E-state index in [1.165, 1.54) is 0 Å². The molecule has 0 fully saturated rings. The molecule has 84 valence electrons. The summed E-state index contributed by atoms with van der Waals surface area (Å²) in [7, 11) is 0. The summed E-state index contributed by atoms with van der Waals surface area (Å²) in [5, 5.41) is 0. The molecule has 0 spiro atoms. The molecule has 2 heteroatoms. The summed E-state index contributed by atoms with van der Waals surface area (Å²) < 4.78 is 4.93. The van der Waals surface area contributed by atoms with Gasteiger partial charge in [-0.05, 0) is 37.1 Å². The van der Waals surface area contributed by atoms with Gasteiger partial charge >= 0.3 is 5.97 Å². The predicted octanol–water partition coefficient (Wildman–Crippen LogP) is 3.45. The molecule has 16 heavy (non-hydrogen) atoms. The van der Waals surface area contributed by atoms with Crippen molar-refractivity contribution in [3.05, 3.63) is 54.1 Å². The third-order valence-electron chi connectivity index (χ3n) is 2.24. The number of allylic oxidation sites excluding steroid dienone is 2. The fraction of sp³-hybridized carbons (Fsp3) is 0.214. The average molecular weight is 216 g/mol. The number of ether oxygens (including phenoxy) is 1. The minimum absolute atomic E-state index is 0.307. The largest absolute Gasteiger partial charge is 0.462 e. The second-order valence-corrected chi connectivity index (χ2v) is 3.56. The van der Waals surface area contributed by atoms with Crippen LogP contribution in [0.5, 0.6) is 0 Å². The monoisotopic (exact) mass is 216 g/mol. The van der Waals surface area contributed by atoms with Gasteiger partial charge in [-0.1, -0.05) is 30.9 Å². The molecule has 1 rings (SSSR count). The Hall–Kier alpha value is -1.83. The molecule has 0 aliphatic rings. The molecule has 0 saturated carbocycles. The second-order valence-electron chi connectivity index (χ2n) is 3.56. The number of carbonyl (C=O) groups is 1. The Labute approximate surface area is 96.2 Å². The zero-order chi connectivity index (χ0) is 12.1. The molecular formula is C14H16O2. The summed E-state index contributed by atoms with van der Waals surface area (Å²) in [5.74, 6) is -0.307. The van der Waals surface area contributed by atoms with Gasteiger partial charge in [0, 0.05) is 0 Å². The minimum atomic E-state index is -0.307. The van der Waals surface area contributed by atoms with Gasteiger partial charge in [-0.15, -0.1) is 0 Å². The minimum Gasteiger partial charge on any atom is -0.462 e. The van der Waals surface area contributed by atoms with Gasteiger partial charge in [0.05, 0.1) is 12.2 Å². The highest BCUT2D eigenvalue weighted by atomic mass is 16.5. The van der Waals surface area contributed by atoms with E-state index in [1.807, 2.05) is 19.1 Å². The lowest BCUT2D eigenvalue weighted by Gasteiger charge is -2.07. The van der Waals surface area contributed by atoms with E-state index in [1.54, 1.807) is 19.1 Å². The average Bonchev–Trinajstić information content (AvgIpc) is 2.28. The highest BCUT2D eigenvalue weighted by Gasteiger charge is 2.08. The third-order valence-corrected chi connectivity index (χ3v) is 2.24. The van der Waals surface area contributed by atoms with Crippen LogP contribution in [0.4, 0.5) is 0 Å². The van der Waals surface area contributed by atoms with Gasteiger partial charge in [-0.3, -0.25) is 0 Å². The number of benzene rings is 1. The molecule has 0 saturated heterocycles. The standard InChI is InChI=1S/C14H16O2/c1-5-16-14(15)13-8-6-7-12(9-13)11(4)10(2)3/h6-9H,2,4-5H2,1,3H3. The summed E-state index contributed by atoms with van der Waals surface area (Å²) in [6.45, 7) is 11.8. The summed E-state index contributed by atoms with van der Waals surface area (Å²) in [5.41, 5.74) is 3.17. The number of carbonyl (C=O) groups excluding carboxylic acids is 1.